The number of carbonyl (C=O) groups excluding carboxylic acids is 1. The summed E-state index contributed by atoms with van der Waals surface area (Å²) in [5.74, 6) is -1.66. The summed E-state index contributed by atoms with van der Waals surface area (Å²) in [7, 11) is 0. The molecule has 2 aromatic rings. The summed E-state index contributed by atoms with van der Waals surface area (Å²) in [5.41, 5.74) is 1.12. The highest BCUT2D eigenvalue weighted by Gasteiger charge is 2.13. The molecule has 0 aliphatic rings. The second kappa shape index (κ2) is 6.86. The summed E-state index contributed by atoms with van der Waals surface area (Å²) >= 11 is 5.92. The summed E-state index contributed by atoms with van der Waals surface area (Å²) in [4.78, 5) is 22.2. The first-order chi connectivity index (χ1) is 10.5. The summed E-state index contributed by atoms with van der Waals surface area (Å²) in [6.07, 6.45) is 3.77. The second-order valence-corrected chi connectivity index (χ2v) is 4.58. The van der Waals surface area contributed by atoms with Gasteiger partial charge in [-0.05, 0) is 31.2 Å². The molecule has 1 heterocycles. The number of rotatable bonds is 5. The number of carboxylic acids is 1. The molecule has 0 radical (unpaired) electrons. The predicted molar refractivity (Wildman–Crippen MR) is 79.0 cm³/mol. The maximum Gasteiger partial charge on any atom is 0.360 e. The Balaban J connectivity index is 2.40. The van der Waals surface area contributed by atoms with Gasteiger partial charge in [0.15, 0.2) is 5.69 Å². The maximum atomic E-state index is 11.6. The van der Waals surface area contributed by atoms with Crippen LogP contribution in [-0.4, -0.2) is 38.6 Å². The normalized spacial score (nSPS) is 10.8. The van der Waals surface area contributed by atoms with E-state index in [0.717, 1.165) is 6.08 Å². The zero-order chi connectivity index (χ0) is 16.1. The van der Waals surface area contributed by atoms with Gasteiger partial charge in [-0.2, -0.15) is 0 Å². The van der Waals surface area contributed by atoms with E-state index in [4.69, 9.17) is 21.4 Å². The number of hydrogen-bond acceptors (Lipinski definition) is 5. The van der Waals surface area contributed by atoms with E-state index in [1.54, 1.807) is 25.1 Å². The highest BCUT2D eigenvalue weighted by atomic mass is 35.5. The highest BCUT2D eigenvalue weighted by Crippen LogP contribution is 2.21. The molecule has 0 aliphatic heterocycles. The van der Waals surface area contributed by atoms with E-state index in [2.05, 4.69) is 10.3 Å². The van der Waals surface area contributed by atoms with Crippen LogP contribution in [0.2, 0.25) is 5.02 Å². The quantitative estimate of drug-likeness (QED) is 0.670. The number of benzene rings is 1. The average Bonchev–Trinajstić information content (AvgIpc) is 2.95. The van der Waals surface area contributed by atoms with Gasteiger partial charge in [-0.25, -0.2) is 14.3 Å². The van der Waals surface area contributed by atoms with Gasteiger partial charge in [-0.3, -0.25) is 0 Å². The number of aliphatic carboxylic acids is 1. The number of carboxylic acid groups (broad SMARTS) is 1. The van der Waals surface area contributed by atoms with Gasteiger partial charge in [0, 0.05) is 16.7 Å². The lowest BCUT2D eigenvalue weighted by molar-refractivity contribution is -0.131. The molecule has 0 amide bonds. The lowest BCUT2D eigenvalue weighted by atomic mass is 10.1. The maximum absolute atomic E-state index is 11.6. The minimum absolute atomic E-state index is 0.0602. The monoisotopic (exact) mass is 321 g/mol. The van der Waals surface area contributed by atoms with Crippen LogP contribution in [0.25, 0.3) is 11.8 Å². The number of halogens is 1. The first kappa shape index (κ1) is 15.7. The lowest BCUT2D eigenvalue weighted by Gasteiger charge is -2.05. The van der Waals surface area contributed by atoms with Gasteiger partial charge in [0.25, 0.3) is 0 Å². The molecule has 0 spiro atoms. The minimum Gasteiger partial charge on any atom is -0.478 e. The van der Waals surface area contributed by atoms with E-state index in [9.17, 15) is 9.59 Å². The van der Waals surface area contributed by atoms with Crippen LogP contribution in [0.15, 0.2) is 30.5 Å². The van der Waals surface area contributed by atoms with Crippen LogP contribution in [0.4, 0.5) is 0 Å². The third-order valence-electron chi connectivity index (χ3n) is 2.62. The smallest absolute Gasteiger partial charge is 0.360 e. The number of aromatic nitrogens is 3. The van der Waals surface area contributed by atoms with E-state index in [1.807, 2.05) is 0 Å². The van der Waals surface area contributed by atoms with Gasteiger partial charge in [-0.15, -0.1) is 5.10 Å². The van der Waals surface area contributed by atoms with E-state index < -0.39 is 11.9 Å². The summed E-state index contributed by atoms with van der Waals surface area (Å²) in [6.45, 7) is 1.93. The fourth-order valence-electron chi connectivity index (χ4n) is 1.71. The van der Waals surface area contributed by atoms with Gasteiger partial charge in [0.2, 0.25) is 0 Å². The van der Waals surface area contributed by atoms with Gasteiger partial charge in [0.1, 0.15) is 0 Å². The molecule has 7 nitrogen and oxygen atoms in total. The Bertz CT molecular complexity index is 739. The second-order valence-electron chi connectivity index (χ2n) is 4.14. The molecule has 0 bridgehead atoms. The lowest BCUT2D eigenvalue weighted by Crippen LogP contribution is -2.04. The molecule has 114 valence electrons. The van der Waals surface area contributed by atoms with Crippen molar-refractivity contribution in [1.82, 2.24) is 15.0 Å². The average molecular weight is 322 g/mol. The van der Waals surface area contributed by atoms with Gasteiger partial charge in [-0.1, -0.05) is 16.8 Å². The van der Waals surface area contributed by atoms with Crippen molar-refractivity contribution < 1.29 is 19.4 Å². The fourth-order valence-corrected chi connectivity index (χ4v) is 1.89. The van der Waals surface area contributed by atoms with Crippen LogP contribution in [0.5, 0.6) is 0 Å². The number of ether oxygens (including phenoxy) is 1. The molecule has 0 saturated heterocycles. The topological polar surface area (TPSA) is 94.3 Å². The molecular weight excluding hydrogens is 310 g/mol. The summed E-state index contributed by atoms with van der Waals surface area (Å²) in [6, 6.07) is 4.86. The third-order valence-corrected chi connectivity index (χ3v) is 2.85. The number of esters is 1. The standard InChI is InChI=1S/C14H12ClN3O4/c1-2-22-14(21)11-8-18(17-16-11)12-5-4-10(15)7-9(12)3-6-13(19)20/h3-8H,2H2,1H3,(H,19,20)/b6-3+. The SMILES string of the molecule is CCOC(=O)c1cn(-c2ccc(Cl)cc2/C=C/C(=O)O)nn1. The summed E-state index contributed by atoms with van der Waals surface area (Å²) < 4.78 is 6.19. The molecule has 22 heavy (non-hydrogen) atoms. The number of hydrogen-bond donors (Lipinski definition) is 1. The van der Waals surface area contributed by atoms with Crippen LogP contribution in [0, 0.1) is 0 Å². The van der Waals surface area contributed by atoms with Gasteiger partial charge < -0.3 is 9.84 Å². The van der Waals surface area contributed by atoms with Crippen molar-refractivity contribution in [3.05, 3.63) is 46.8 Å². The highest BCUT2D eigenvalue weighted by molar-refractivity contribution is 6.30. The van der Waals surface area contributed by atoms with Gasteiger partial charge >= 0.3 is 11.9 Å². The fraction of sp³-hybridized carbons (Fsp3) is 0.143. The Morgan fingerprint density at radius 2 is 2.23 bits per heavy atom. The first-order valence-corrected chi connectivity index (χ1v) is 6.69. The van der Waals surface area contributed by atoms with Crippen molar-refractivity contribution in [3.8, 4) is 5.69 Å². The summed E-state index contributed by atoms with van der Waals surface area (Å²) in [5, 5.41) is 16.8. The molecule has 0 fully saturated rings. The zero-order valence-electron chi connectivity index (χ0n) is 11.6. The molecular formula is C14H12ClN3O4. The third kappa shape index (κ3) is 3.70. The van der Waals surface area contributed by atoms with Crippen LogP contribution in [-0.2, 0) is 9.53 Å². The van der Waals surface area contributed by atoms with Crippen molar-refractivity contribution >= 4 is 29.6 Å². The van der Waals surface area contributed by atoms with Crippen molar-refractivity contribution in [1.29, 1.82) is 0 Å². The minimum atomic E-state index is -1.09. The van der Waals surface area contributed by atoms with Crippen molar-refractivity contribution in [3.63, 3.8) is 0 Å². The Hall–Kier alpha value is -2.67. The molecule has 0 atom stereocenters. The van der Waals surface area contributed by atoms with Crippen molar-refractivity contribution in [2.45, 2.75) is 6.92 Å². The molecule has 8 heteroatoms. The molecule has 0 saturated carbocycles. The first-order valence-electron chi connectivity index (χ1n) is 6.31. The van der Waals surface area contributed by atoms with E-state index in [-0.39, 0.29) is 12.3 Å². The Kier molecular flexibility index (Phi) is 4.90. The molecule has 0 aliphatic carbocycles. The van der Waals surface area contributed by atoms with Gasteiger partial charge in [0.05, 0.1) is 18.5 Å². The van der Waals surface area contributed by atoms with E-state index in [1.165, 1.54) is 17.0 Å². The molecule has 1 N–H and O–H groups in total. The van der Waals surface area contributed by atoms with Crippen LogP contribution in [0.1, 0.15) is 23.0 Å². The van der Waals surface area contributed by atoms with Crippen molar-refractivity contribution in [2.24, 2.45) is 0 Å². The predicted octanol–water partition coefficient (Wildman–Crippen LogP) is 2.20. The van der Waals surface area contributed by atoms with Crippen LogP contribution >= 0.6 is 11.6 Å². The Morgan fingerprint density at radius 3 is 2.91 bits per heavy atom. The number of nitrogens with zero attached hydrogens (tertiary/aromatic N) is 3. The number of carbonyl (C=O) groups is 2. The molecule has 1 aromatic heterocycles. The molecule has 2 rings (SSSR count). The van der Waals surface area contributed by atoms with E-state index in [0.29, 0.717) is 16.3 Å². The van der Waals surface area contributed by atoms with Crippen LogP contribution < -0.4 is 0 Å². The Morgan fingerprint density at radius 1 is 1.45 bits per heavy atom. The zero-order valence-corrected chi connectivity index (χ0v) is 12.3. The molecule has 0 unspecified atom stereocenters. The Labute approximate surface area is 130 Å². The van der Waals surface area contributed by atoms with Crippen LogP contribution in [0.3, 0.4) is 0 Å². The van der Waals surface area contributed by atoms with E-state index >= 15 is 0 Å². The molecule has 1 aromatic carbocycles. The largest absolute Gasteiger partial charge is 0.478 e. The van der Waals surface area contributed by atoms with Crippen molar-refractivity contribution in [2.75, 3.05) is 6.61 Å².